The van der Waals surface area contributed by atoms with Gasteiger partial charge in [-0.25, -0.2) is 8.78 Å². The minimum atomic E-state index is -1.24. The third-order valence-electron chi connectivity index (χ3n) is 5.97. The molecule has 2 N–H and O–H groups in total. The Labute approximate surface area is 248 Å². The van der Waals surface area contributed by atoms with Crippen molar-refractivity contribution in [2.24, 2.45) is 5.73 Å². The van der Waals surface area contributed by atoms with E-state index in [0.29, 0.717) is 39.9 Å². The van der Waals surface area contributed by atoms with E-state index in [9.17, 15) is 13.6 Å². The van der Waals surface area contributed by atoms with E-state index in [1.807, 2.05) is 18.2 Å². The minimum Gasteiger partial charge on any atom is -0.481 e. The Morgan fingerprint density at radius 3 is 1.93 bits per heavy atom. The maximum absolute atomic E-state index is 14.1. The van der Waals surface area contributed by atoms with Crippen LogP contribution >= 0.6 is 15.9 Å². The number of aromatic nitrogens is 4. The fraction of sp³-hybridized carbons (Fsp3) is 0.148. The van der Waals surface area contributed by atoms with E-state index in [0.717, 1.165) is 23.4 Å². The van der Waals surface area contributed by atoms with Gasteiger partial charge in [-0.15, -0.1) is 0 Å². The molecule has 3 aromatic carbocycles. The van der Waals surface area contributed by atoms with Gasteiger partial charge in [-0.05, 0) is 48.5 Å². The van der Waals surface area contributed by atoms with Crippen molar-refractivity contribution in [3.63, 3.8) is 0 Å². The van der Waals surface area contributed by atoms with Crippen LogP contribution in [-0.4, -0.2) is 39.8 Å². The number of nitrogens with zero attached hydrogens (tertiary/aromatic N) is 4. The molecule has 13 nitrogen and oxygen atoms in total. The Balaban J connectivity index is 0.000000174. The van der Waals surface area contributed by atoms with Crippen LogP contribution in [0.5, 0.6) is 28.7 Å². The molecular formula is C27H18BrF2N5O8. The van der Waals surface area contributed by atoms with Crippen molar-refractivity contribution in [1.29, 1.82) is 0 Å². The molecule has 0 atom stereocenters. The molecule has 4 heterocycles. The molecule has 2 aromatic heterocycles. The molecule has 2 aliphatic rings. The monoisotopic (exact) mass is 657 g/mol. The molecule has 2 aliphatic heterocycles. The van der Waals surface area contributed by atoms with Crippen LogP contribution in [0.3, 0.4) is 0 Å². The largest absolute Gasteiger partial charge is 0.481 e. The predicted octanol–water partition coefficient (Wildman–Crippen LogP) is 4.78. The lowest BCUT2D eigenvalue weighted by Crippen LogP contribution is -2.16. The number of primary amides is 1. The van der Waals surface area contributed by atoms with Crippen molar-refractivity contribution in [2.75, 3.05) is 13.6 Å². The summed E-state index contributed by atoms with van der Waals surface area (Å²) >= 11 is 3.25. The van der Waals surface area contributed by atoms with Crippen molar-refractivity contribution in [1.82, 2.24) is 20.3 Å². The Morgan fingerprint density at radius 2 is 1.37 bits per heavy atom. The number of hydrogen-bond donors (Lipinski definition) is 1. The zero-order valence-corrected chi connectivity index (χ0v) is 23.3. The molecule has 7 rings (SSSR count). The number of nitrogens with two attached hydrogens (primary N) is 1. The Kier molecular flexibility index (Phi) is 7.74. The van der Waals surface area contributed by atoms with E-state index in [2.05, 4.69) is 36.2 Å². The zero-order valence-electron chi connectivity index (χ0n) is 21.7. The molecule has 0 fully saturated rings. The molecule has 43 heavy (non-hydrogen) atoms. The third-order valence-corrected chi connectivity index (χ3v) is 6.44. The number of benzene rings is 3. The summed E-state index contributed by atoms with van der Waals surface area (Å²) in [5, 5.41) is 8.23. The van der Waals surface area contributed by atoms with Gasteiger partial charge in [-0.2, -0.15) is 9.97 Å². The van der Waals surface area contributed by atoms with Crippen LogP contribution in [0.4, 0.5) is 8.78 Å². The van der Waals surface area contributed by atoms with Crippen LogP contribution in [0.15, 0.2) is 57.6 Å². The molecule has 0 bridgehead atoms. The fourth-order valence-electron chi connectivity index (χ4n) is 3.94. The van der Waals surface area contributed by atoms with Crippen molar-refractivity contribution in [3.8, 4) is 51.5 Å². The molecule has 220 valence electrons. The molecule has 0 saturated carbocycles. The van der Waals surface area contributed by atoms with Gasteiger partial charge in [0.05, 0.1) is 5.33 Å². The Bertz CT molecular complexity index is 1810. The highest BCUT2D eigenvalue weighted by Crippen LogP contribution is 2.36. The first kappa shape index (κ1) is 27.9. The maximum Gasteiger partial charge on any atom is 0.264 e. The number of carbonyl (C=O) groups excluding carboxylic acids is 1. The van der Waals surface area contributed by atoms with Crippen LogP contribution < -0.4 is 29.4 Å². The first-order valence-corrected chi connectivity index (χ1v) is 13.4. The van der Waals surface area contributed by atoms with Crippen LogP contribution in [0.1, 0.15) is 22.1 Å². The van der Waals surface area contributed by atoms with Crippen molar-refractivity contribution < 1.29 is 46.3 Å². The zero-order chi connectivity index (χ0) is 29.9. The van der Waals surface area contributed by atoms with Crippen LogP contribution in [0.2, 0.25) is 0 Å². The van der Waals surface area contributed by atoms with Gasteiger partial charge in [0.25, 0.3) is 11.8 Å². The maximum atomic E-state index is 14.1. The highest BCUT2D eigenvalue weighted by Gasteiger charge is 2.21. The Hall–Kier alpha value is -5.25. The topological polar surface area (TPSA) is 167 Å². The summed E-state index contributed by atoms with van der Waals surface area (Å²) in [6.07, 6.45) is 0. The quantitative estimate of drug-likeness (QED) is 0.238. The molecule has 1 amide bonds. The summed E-state index contributed by atoms with van der Waals surface area (Å²) in [6.45, 7) is 0.108. The van der Waals surface area contributed by atoms with E-state index < -0.39 is 23.1 Å². The normalized spacial score (nSPS) is 12.5. The number of halogens is 3. The number of ether oxygens (including phenoxy) is 5. The van der Waals surface area contributed by atoms with E-state index in [1.54, 1.807) is 18.2 Å². The van der Waals surface area contributed by atoms with E-state index in [4.69, 9.17) is 38.5 Å². The molecule has 0 saturated heterocycles. The van der Waals surface area contributed by atoms with Crippen LogP contribution in [0.25, 0.3) is 22.8 Å². The third kappa shape index (κ3) is 5.90. The first-order valence-electron chi connectivity index (χ1n) is 12.3. The summed E-state index contributed by atoms with van der Waals surface area (Å²) in [5.74, 6) is 0.164. The molecular weight excluding hydrogens is 640 g/mol. The van der Waals surface area contributed by atoms with Gasteiger partial charge in [0.2, 0.25) is 31.1 Å². The average Bonchev–Trinajstić information content (AvgIpc) is 3.83. The van der Waals surface area contributed by atoms with Crippen molar-refractivity contribution in [2.45, 2.75) is 11.9 Å². The average molecular weight is 658 g/mol. The highest BCUT2D eigenvalue weighted by atomic mass is 79.9. The van der Waals surface area contributed by atoms with Gasteiger partial charge in [-0.1, -0.05) is 26.2 Å². The second-order valence-electron chi connectivity index (χ2n) is 8.68. The van der Waals surface area contributed by atoms with Crippen LogP contribution in [0, 0.1) is 11.6 Å². The van der Waals surface area contributed by atoms with Crippen molar-refractivity contribution in [3.05, 3.63) is 77.5 Å². The lowest BCUT2D eigenvalue weighted by molar-refractivity contribution is 0.0990. The SMILES string of the molecule is BrCc1nc(-c2ccc3c(c2)OCO3)no1.NC(=O)c1c(F)ccc(OCc2nc(-c3ccc4c(c3)OCO4)no2)c1F. The van der Waals surface area contributed by atoms with Gasteiger partial charge in [0, 0.05) is 11.1 Å². The predicted molar refractivity (Wildman–Crippen MR) is 144 cm³/mol. The van der Waals surface area contributed by atoms with Gasteiger partial charge in [0.1, 0.15) is 11.4 Å². The number of alkyl halides is 1. The van der Waals surface area contributed by atoms with Gasteiger partial charge in [-0.3, -0.25) is 4.79 Å². The summed E-state index contributed by atoms with van der Waals surface area (Å²) in [7, 11) is 0. The smallest absolute Gasteiger partial charge is 0.264 e. The molecule has 16 heteroatoms. The summed E-state index contributed by atoms with van der Waals surface area (Å²) in [6, 6.07) is 12.6. The molecule has 5 aromatic rings. The summed E-state index contributed by atoms with van der Waals surface area (Å²) < 4.78 is 63.9. The lowest BCUT2D eigenvalue weighted by atomic mass is 10.1. The van der Waals surface area contributed by atoms with Gasteiger partial charge < -0.3 is 38.5 Å². The number of amides is 1. The lowest BCUT2D eigenvalue weighted by Gasteiger charge is -2.07. The second kappa shape index (κ2) is 11.9. The fourth-order valence-corrected chi connectivity index (χ4v) is 4.17. The van der Waals surface area contributed by atoms with Gasteiger partial charge >= 0.3 is 0 Å². The Morgan fingerprint density at radius 1 is 0.814 bits per heavy atom. The standard InChI is InChI=1S/C17H11F2N3O5.C10H7BrN2O3/c18-9-2-4-11(15(19)14(9)16(20)23)24-6-13-21-17(22-27-13)8-1-3-10-12(5-8)26-7-25-10;11-4-9-12-10(13-16-9)6-1-2-7-8(3-6)15-5-14-7/h1-5H,6-7H2,(H2,20,23);1-3H,4-5H2. The van der Waals surface area contributed by atoms with Crippen molar-refractivity contribution >= 4 is 21.8 Å². The number of fused-ring (bicyclic) bond motifs is 2. The second-order valence-corrected chi connectivity index (χ2v) is 9.24. The number of hydrogen-bond acceptors (Lipinski definition) is 12. The number of carbonyl (C=O) groups is 1. The highest BCUT2D eigenvalue weighted by molar-refractivity contribution is 9.08. The number of rotatable bonds is 7. The molecule has 0 radical (unpaired) electrons. The summed E-state index contributed by atoms with van der Waals surface area (Å²) in [4.78, 5) is 19.5. The van der Waals surface area contributed by atoms with E-state index in [-0.39, 0.29) is 37.7 Å². The van der Waals surface area contributed by atoms with E-state index in [1.165, 1.54) is 0 Å². The minimum absolute atomic E-state index is 0.0482. The molecule has 0 unspecified atom stereocenters. The first-order chi connectivity index (χ1) is 20.9. The molecule has 0 spiro atoms. The summed E-state index contributed by atoms with van der Waals surface area (Å²) in [5.41, 5.74) is 5.56. The van der Waals surface area contributed by atoms with E-state index >= 15 is 0 Å². The van der Waals surface area contributed by atoms with Crippen LogP contribution in [-0.2, 0) is 11.9 Å². The molecule has 0 aliphatic carbocycles. The van der Waals surface area contributed by atoms with Gasteiger partial charge in [0.15, 0.2) is 41.2 Å².